The van der Waals surface area contributed by atoms with Crippen molar-refractivity contribution in [2.75, 3.05) is 13.1 Å². The molecule has 0 bridgehead atoms. The van der Waals surface area contributed by atoms with Crippen molar-refractivity contribution in [2.24, 2.45) is 0 Å². The van der Waals surface area contributed by atoms with E-state index < -0.39 is 0 Å². The first-order valence-electron chi connectivity index (χ1n) is 6.50. The van der Waals surface area contributed by atoms with E-state index in [4.69, 9.17) is 11.6 Å². The zero-order valence-electron chi connectivity index (χ0n) is 10.8. The van der Waals surface area contributed by atoms with E-state index >= 15 is 0 Å². The number of hydrogen-bond acceptors (Lipinski definition) is 1. The van der Waals surface area contributed by atoms with Gasteiger partial charge in [-0.25, -0.2) is 4.39 Å². The highest BCUT2D eigenvalue weighted by Crippen LogP contribution is 2.37. The van der Waals surface area contributed by atoms with Gasteiger partial charge in [-0.3, -0.25) is 0 Å². The monoisotopic (exact) mass is 353 g/mol. The lowest BCUT2D eigenvalue weighted by Crippen LogP contribution is -2.58. The Bertz CT molecular complexity index is 640. The molecule has 0 radical (unpaired) electrons. The van der Waals surface area contributed by atoms with Crippen molar-refractivity contribution < 1.29 is 4.39 Å². The Morgan fingerprint density at radius 3 is 2.55 bits per heavy atom. The lowest BCUT2D eigenvalue weighted by molar-refractivity contribution is 0.272. The Hall–Kier alpha value is -0.900. The Kier molecular flexibility index (Phi) is 3.85. The molecule has 3 rings (SSSR count). The van der Waals surface area contributed by atoms with Gasteiger partial charge in [-0.05, 0) is 35.7 Å². The predicted molar refractivity (Wildman–Crippen MR) is 83.8 cm³/mol. The fraction of sp³-hybridized carbons (Fsp3) is 0.250. The highest BCUT2D eigenvalue weighted by Gasteiger charge is 2.40. The highest BCUT2D eigenvalue weighted by atomic mass is 79.9. The highest BCUT2D eigenvalue weighted by molar-refractivity contribution is 9.10. The third-order valence-electron chi connectivity index (χ3n) is 3.92. The lowest BCUT2D eigenvalue weighted by Gasteiger charge is -2.44. The molecule has 0 atom stereocenters. The summed E-state index contributed by atoms with van der Waals surface area (Å²) in [5.74, 6) is -0.169. The van der Waals surface area contributed by atoms with Gasteiger partial charge in [0.05, 0.1) is 0 Å². The summed E-state index contributed by atoms with van der Waals surface area (Å²) >= 11 is 9.61. The molecule has 0 aromatic heterocycles. The van der Waals surface area contributed by atoms with Gasteiger partial charge in [-0.15, -0.1) is 0 Å². The fourth-order valence-corrected chi connectivity index (χ4v) is 3.43. The van der Waals surface area contributed by atoms with E-state index in [-0.39, 0.29) is 11.2 Å². The molecule has 0 aliphatic carbocycles. The molecule has 0 spiro atoms. The van der Waals surface area contributed by atoms with Gasteiger partial charge >= 0.3 is 0 Å². The number of benzene rings is 2. The summed E-state index contributed by atoms with van der Waals surface area (Å²) in [4.78, 5) is 0. The Morgan fingerprint density at radius 1 is 1.20 bits per heavy atom. The van der Waals surface area contributed by atoms with E-state index in [1.54, 1.807) is 0 Å². The maximum atomic E-state index is 14.1. The molecule has 1 aliphatic heterocycles. The van der Waals surface area contributed by atoms with Gasteiger partial charge < -0.3 is 5.32 Å². The SMILES string of the molecule is Fc1cc(Br)ccc1CC1(c2ccccc2Cl)CNC1. The first-order valence-corrected chi connectivity index (χ1v) is 7.67. The molecule has 0 saturated carbocycles. The predicted octanol–water partition coefficient (Wildman–Crippen LogP) is 4.33. The molecule has 2 aromatic rings. The van der Waals surface area contributed by atoms with Crippen LogP contribution in [0.25, 0.3) is 0 Å². The minimum atomic E-state index is -0.169. The second-order valence-electron chi connectivity index (χ2n) is 5.28. The van der Waals surface area contributed by atoms with E-state index in [1.807, 2.05) is 36.4 Å². The number of nitrogens with one attached hydrogen (secondary N) is 1. The first-order chi connectivity index (χ1) is 9.61. The van der Waals surface area contributed by atoms with E-state index in [2.05, 4.69) is 21.2 Å². The summed E-state index contributed by atoms with van der Waals surface area (Å²) in [6.07, 6.45) is 0.656. The van der Waals surface area contributed by atoms with Crippen LogP contribution in [0.1, 0.15) is 11.1 Å². The van der Waals surface area contributed by atoms with Crippen LogP contribution < -0.4 is 5.32 Å². The molecule has 20 heavy (non-hydrogen) atoms. The van der Waals surface area contributed by atoms with Crippen LogP contribution >= 0.6 is 27.5 Å². The second-order valence-corrected chi connectivity index (χ2v) is 6.60. The molecule has 4 heteroatoms. The fourth-order valence-electron chi connectivity index (χ4n) is 2.76. The molecule has 1 nitrogen and oxygen atoms in total. The van der Waals surface area contributed by atoms with Crippen LogP contribution in [0.15, 0.2) is 46.9 Å². The van der Waals surface area contributed by atoms with Crippen molar-refractivity contribution in [1.82, 2.24) is 5.32 Å². The van der Waals surface area contributed by atoms with Crippen LogP contribution in [-0.2, 0) is 11.8 Å². The smallest absolute Gasteiger partial charge is 0.127 e. The van der Waals surface area contributed by atoms with Crippen molar-refractivity contribution in [3.05, 3.63) is 68.9 Å². The quantitative estimate of drug-likeness (QED) is 0.865. The van der Waals surface area contributed by atoms with Crippen molar-refractivity contribution in [1.29, 1.82) is 0 Å². The zero-order chi connectivity index (χ0) is 14.2. The average molecular weight is 355 g/mol. The largest absolute Gasteiger partial charge is 0.315 e. The Labute approximate surface area is 131 Å². The van der Waals surface area contributed by atoms with Crippen LogP contribution in [0.4, 0.5) is 4.39 Å². The summed E-state index contributed by atoms with van der Waals surface area (Å²) in [6.45, 7) is 1.65. The Balaban J connectivity index is 1.96. The van der Waals surface area contributed by atoms with Gasteiger partial charge in [0.25, 0.3) is 0 Å². The van der Waals surface area contributed by atoms with Gasteiger partial charge in [0, 0.05) is 28.0 Å². The molecular formula is C16H14BrClFN. The van der Waals surface area contributed by atoms with E-state index in [0.29, 0.717) is 6.42 Å². The van der Waals surface area contributed by atoms with Crippen LogP contribution in [0.5, 0.6) is 0 Å². The first kappa shape index (κ1) is 14.1. The topological polar surface area (TPSA) is 12.0 Å². The maximum Gasteiger partial charge on any atom is 0.127 e. The van der Waals surface area contributed by atoms with Crippen LogP contribution in [-0.4, -0.2) is 13.1 Å². The van der Waals surface area contributed by atoms with E-state index in [1.165, 1.54) is 6.07 Å². The molecule has 1 fully saturated rings. The molecule has 1 saturated heterocycles. The molecule has 1 aliphatic rings. The molecule has 104 valence electrons. The van der Waals surface area contributed by atoms with Crippen LogP contribution in [0.2, 0.25) is 5.02 Å². The minimum absolute atomic E-state index is 0.104. The number of rotatable bonds is 3. The summed E-state index contributed by atoms with van der Waals surface area (Å²) in [5.41, 5.74) is 1.73. The van der Waals surface area contributed by atoms with Crippen LogP contribution in [0.3, 0.4) is 0 Å². The summed E-state index contributed by atoms with van der Waals surface area (Å²) in [6, 6.07) is 13.1. The standard InChI is InChI=1S/C16H14BrClFN/c17-12-6-5-11(15(19)7-12)8-16(9-20-10-16)13-3-1-2-4-14(13)18/h1-7,20H,8-10H2. The van der Waals surface area contributed by atoms with Gasteiger partial charge in [0.1, 0.15) is 5.82 Å². The van der Waals surface area contributed by atoms with Crippen LogP contribution in [0, 0.1) is 5.82 Å². The summed E-state index contributed by atoms with van der Waals surface area (Å²) in [7, 11) is 0. The minimum Gasteiger partial charge on any atom is -0.315 e. The number of halogens is 3. The summed E-state index contributed by atoms with van der Waals surface area (Å²) in [5, 5.41) is 4.04. The van der Waals surface area contributed by atoms with Gasteiger partial charge in [0.15, 0.2) is 0 Å². The van der Waals surface area contributed by atoms with Crippen molar-refractivity contribution in [3.63, 3.8) is 0 Å². The van der Waals surface area contributed by atoms with Crippen molar-refractivity contribution in [2.45, 2.75) is 11.8 Å². The zero-order valence-corrected chi connectivity index (χ0v) is 13.1. The molecule has 1 N–H and O–H groups in total. The van der Waals surface area contributed by atoms with Crippen molar-refractivity contribution >= 4 is 27.5 Å². The molecular weight excluding hydrogens is 341 g/mol. The normalized spacial score (nSPS) is 16.8. The Morgan fingerprint density at radius 2 is 1.95 bits per heavy atom. The third kappa shape index (κ3) is 2.50. The molecule has 2 aromatic carbocycles. The summed E-state index contributed by atoms with van der Waals surface area (Å²) < 4.78 is 14.8. The second kappa shape index (κ2) is 5.47. The van der Waals surface area contributed by atoms with E-state index in [0.717, 1.165) is 33.7 Å². The van der Waals surface area contributed by atoms with Gasteiger partial charge in [-0.2, -0.15) is 0 Å². The third-order valence-corrected chi connectivity index (χ3v) is 4.74. The van der Waals surface area contributed by atoms with Gasteiger partial charge in [0.2, 0.25) is 0 Å². The average Bonchev–Trinajstić information content (AvgIpc) is 2.37. The van der Waals surface area contributed by atoms with E-state index in [9.17, 15) is 4.39 Å². The maximum absolute atomic E-state index is 14.1. The lowest BCUT2D eigenvalue weighted by atomic mass is 9.71. The van der Waals surface area contributed by atoms with Crippen molar-refractivity contribution in [3.8, 4) is 0 Å². The molecule has 0 unspecified atom stereocenters. The van der Waals surface area contributed by atoms with Gasteiger partial charge in [-0.1, -0.05) is 51.8 Å². The molecule has 0 amide bonds. The number of hydrogen-bond donors (Lipinski definition) is 1. The molecule has 1 heterocycles.